The standard InChI is InChI=1S/C12H13F4NOS/c1-11(2,3)19(18)17-10(12(14,15)16)8-6-4-5-7-9(8)13/h4-7H,1-3H3/b17-10+. The minimum atomic E-state index is -4.87. The quantitative estimate of drug-likeness (QED) is 0.466. The second-order valence-electron chi connectivity index (χ2n) is 4.78. The summed E-state index contributed by atoms with van der Waals surface area (Å²) in [6, 6.07) is 4.39. The summed E-state index contributed by atoms with van der Waals surface area (Å²) in [6.45, 7) is 4.46. The molecule has 2 nitrogen and oxygen atoms in total. The van der Waals surface area contributed by atoms with Gasteiger partial charge in [-0.3, -0.25) is 0 Å². The van der Waals surface area contributed by atoms with Crippen molar-refractivity contribution in [3.8, 4) is 0 Å². The van der Waals surface area contributed by atoms with Gasteiger partial charge in [0.25, 0.3) is 0 Å². The molecule has 0 aliphatic rings. The summed E-state index contributed by atoms with van der Waals surface area (Å²) in [5.41, 5.74) is -2.16. The van der Waals surface area contributed by atoms with Crippen LogP contribution in [0, 0.1) is 5.82 Å². The fourth-order valence-corrected chi connectivity index (χ4v) is 1.77. The molecule has 0 heterocycles. The Morgan fingerprint density at radius 3 is 2.11 bits per heavy atom. The Morgan fingerprint density at radius 1 is 1.16 bits per heavy atom. The Hall–Kier alpha value is -1.08. The van der Waals surface area contributed by atoms with Gasteiger partial charge in [0.1, 0.15) is 21.9 Å². The van der Waals surface area contributed by atoms with Gasteiger partial charge in [-0.05, 0) is 32.9 Å². The predicted octanol–water partition coefficient (Wildman–Crippen LogP) is 3.64. The van der Waals surface area contributed by atoms with E-state index in [0.717, 1.165) is 12.1 Å². The van der Waals surface area contributed by atoms with Crippen LogP contribution in [-0.4, -0.2) is 21.2 Å². The number of alkyl halides is 3. The maximum Gasteiger partial charge on any atom is 0.438 e. The van der Waals surface area contributed by atoms with Crippen LogP contribution in [0.3, 0.4) is 0 Å². The lowest BCUT2D eigenvalue weighted by Gasteiger charge is -2.20. The lowest BCUT2D eigenvalue weighted by Crippen LogP contribution is -2.32. The van der Waals surface area contributed by atoms with Crippen molar-refractivity contribution in [1.82, 2.24) is 0 Å². The molecule has 0 N–H and O–H groups in total. The molecule has 0 aliphatic heterocycles. The van der Waals surface area contributed by atoms with Crippen molar-refractivity contribution in [1.29, 1.82) is 0 Å². The van der Waals surface area contributed by atoms with E-state index in [1.54, 1.807) is 0 Å². The van der Waals surface area contributed by atoms with Gasteiger partial charge in [0.05, 0.1) is 0 Å². The van der Waals surface area contributed by atoms with Crippen LogP contribution >= 0.6 is 0 Å². The molecule has 0 amide bonds. The average Bonchev–Trinajstić information content (AvgIpc) is 2.24. The van der Waals surface area contributed by atoms with Gasteiger partial charge in [0.15, 0.2) is 0 Å². The molecule has 7 heteroatoms. The Morgan fingerprint density at radius 2 is 1.68 bits per heavy atom. The molecule has 0 fully saturated rings. The van der Waals surface area contributed by atoms with E-state index in [4.69, 9.17) is 0 Å². The van der Waals surface area contributed by atoms with Gasteiger partial charge in [0.2, 0.25) is 5.71 Å². The van der Waals surface area contributed by atoms with Crippen LogP contribution in [0.5, 0.6) is 0 Å². The second-order valence-corrected chi connectivity index (χ2v) is 6.68. The third-order valence-electron chi connectivity index (χ3n) is 2.10. The highest BCUT2D eigenvalue weighted by Gasteiger charge is 2.42. The van der Waals surface area contributed by atoms with Gasteiger partial charge < -0.3 is 4.55 Å². The lowest BCUT2D eigenvalue weighted by atomic mass is 10.1. The fraction of sp³-hybridized carbons (Fsp3) is 0.417. The average molecular weight is 295 g/mol. The van der Waals surface area contributed by atoms with Crippen molar-refractivity contribution >= 4 is 17.1 Å². The van der Waals surface area contributed by atoms with Crippen LogP contribution in [-0.2, 0) is 11.4 Å². The molecule has 1 unspecified atom stereocenters. The van der Waals surface area contributed by atoms with Crippen LogP contribution in [0.4, 0.5) is 17.6 Å². The first-order chi connectivity index (χ1) is 8.53. The number of hydrogen-bond donors (Lipinski definition) is 0. The molecule has 1 atom stereocenters. The maximum absolute atomic E-state index is 13.4. The topological polar surface area (TPSA) is 35.4 Å². The molecular weight excluding hydrogens is 282 g/mol. The Labute approximate surface area is 111 Å². The van der Waals surface area contributed by atoms with Crippen LogP contribution < -0.4 is 0 Å². The van der Waals surface area contributed by atoms with Crippen molar-refractivity contribution < 1.29 is 22.1 Å². The number of nitrogens with zero attached hydrogens (tertiary/aromatic N) is 1. The van der Waals surface area contributed by atoms with Crippen LogP contribution in [0.15, 0.2) is 28.7 Å². The third kappa shape index (κ3) is 4.21. The van der Waals surface area contributed by atoms with Gasteiger partial charge in [-0.2, -0.15) is 13.2 Å². The van der Waals surface area contributed by atoms with E-state index in [1.165, 1.54) is 32.9 Å². The van der Waals surface area contributed by atoms with Crippen molar-refractivity contribution in [2.24, 2.45) is 4.40 Å². The van der Waals surface area contributed by atoms with Gasteiger partial charge in [0, 0.05) is 5.56 Å². The molecule has 1 aromatic rings. The molecule has 0 aromatic heterocycles. The summed E-state index contributed by atoms with van der Waals surface area (Å²) in [7, 11) is 0. The lowest BCUT2D eigenvalue weighted by molar-refractivity contribution is -0.0580. The van der Waals surface area contributed by atoms with E-state index in [2.05, 4.69) is 4.40 Å². The summed E-state index contributed by atoms with van der Waals surface area (Å²) >= 11 is -2.12. The van der Waals surface area contributed by atoms with Crippen molar-refractivity contribution in [2.75, 3.05) is 0 Å². The maximum atomic E-state index is 13.4. The molecule has 0 spiro atoms. The molecule has 0 bridgehead atoms. The highest BCUT2D eigenvalue weighted by molar-refractivity contribution is 7.91. The predicted molar refractivity (Wildman–Crippen MR) is 66.9 cm³/mol. The highest BCUT2D eigenvalue weighted by atomic mass is 32.2. The summed E-state index contributed by atoms with van der Waals surface area (Å²) in [6.07, 6.45) is -4.87. The molecule has 0 saturated carbocycles. The number of benzene rings is 1. The summed E-state index contributed by atoms with van der Waals surface area (Å²) in [5, 5.41) is 0. The van der Waals surface area contributed by atoms with Gasteiger partial charge in [-0.25, -0.2) is 4.39 Å². The first-order valence-electron chi connectivity index (χ1n) is 5.36. The smallest absolute Gasteiger partial charge is 0.438 e. The molecule has 1 rings (SSSR count). The monoisotopic (exact) mass is 295 g/mol. The summed E-state index contributed by atoms with van der Waals surface area (Å²) < 4.78 is 66.1. The zero-order valence-corrected chi connectivity index (χ0v) is 11.4. The van der Waals surface area contributed by atoms with Gasteiger partial charge in [-0.1, -0.05) is 16.5 Å². The SMILES string of the molecule is CC(C)(C)[S+]([O-])/N=C(\c1ccccc1F)C(F)(F)F. The largest absolute Gasteiger partial charge is 0.591 e. The fourth-order valence-electron chi connectivity index (χ4n) is 1.13. The van der Waals surface area contributed by atoms with E-state index in [1.807, 2.05) is 0 Å². The molecule has 0 saturated heterocycles. The molecule has 0 radical (unpaired) electrons. The first kappa shape index (κ1) is 16.0. The molecule has 0 aliphatic carbocycles. The van der Waals surface area contributed by atoms with Crippen molar-refractivity contribution in [3.63, 3.8) is 0 Å². The van der Waals surface area contributed by atoms with Gasteiger partial charge in [-0.15, -0.1) is 0 Å². The van der Waals surface area contributed by atoms with Crippen LogP contribution in [0.2, 0.25) is 0 Å². The summed E-state index contributed by atoms with van der Waals surface area (Å²) in [5.74, 6) is -1.05. The van der Waals surface area contributed by atoms with E-state index >= 15 is 0 Å². The number of rotatable bonds is 2. The Kier molecular flexibility index (Phi) is 4.63. The normalized spacial score (nSPS) is 15.5. The van der Waals surface area contributed by atoms with E-state index < -0.39 is 39.4 Å². The third-order valence-corrected chi connectivity index (χ3v) is 3.49. The first-order valence-corrected chi connectivity index (χ1v) is 6.47. The molecule has 1 aromatic carbocycles. The Balaban J connectivity index is 3.33. The van der Waals surface area contributed by atoms with Crippen LogP contribution in [0.25, 0.3) is 0 Å². The number of hydrogen-bond acceptors (Lipinski definition) is 2. The van der Waals surface area contributed by atoms with E-state index in [9.17, 15) is 22.1 Å². The second kappa shape index (κ2) is 5.50. The zero-order chi connectivity index (χ0) is 14.8. The number of halogens is 4. The molecular formula is C12H13F4NOS. The minimum Gasteiger partial charge on any atom is -0.591 e. The summed E-state index contributed by atoms with van der Waals surface area (Å²) in [4.78, 5) is 0. The zero-order valence-electron chi connectivity index (χ0n) is 10.6. The minimum absolute atomic E-state index is 0.701. The Bertz CT molecular complexity index is 479. The molecule has 19 heavy (non-hydrogen) atoms. The van der Waals surface area contributed by atoms with Crippen LogP contribution in [0.1, 0.15) is 26.3 Å². The molecule has 106 valence electrons. The highest BCUT2D eigenvalue weighted by Crippen LogP contribution is 2.27. The van der Waals surface area contributed by atoms with E-state index in [-0.39, 0.29) is 0 Å². The van der Waals surface area contributed by atoms with E-state index in [0.29, 0.717) is 0 Å². The van der Waals surface area contributed by atoms with Crippen molar-refractivity contribution in [2.45, 2.75) is 31.7 Å². The van der Waals surface area contributed by atoms with Crippen molar-refractivity contribution in [3.05, 3.63) is 35.6 Å². The van der Waals surface area contributed by atoms with Gasteiger partial charge >= 0.3 is 6.18 Å².